The van der Waals surface area contributed by atoms with Crippen LogP contribution in [-0.2, 0) is 4.79 Å². The van der Waals surface area contributed by atoms with Gasteiger partial charge in [0, 0.05) is 20.1 Å². The first kappa shape index (κ1) is 10.5. The van der Waals surface area contributed by atoms with E-state index in [4.69, 9.17) is 5.11 Å². The summed E-state index contributed by atoms with van der Waals surface area (Å²) in [5.74, 6) is 1.20. The molecule has 0 radical (unpaired) electrons. The number of carbonyl (C=O) groups excluding carboxylic acids is 1. The number of nitrogens with one attached hydrogen (secondary N) is 1. The van der Waals surface area contributed by atoms with Crippen LogP contribution in [0.4, 0.5) is 0 Å². The van der Waals surface area contributed by atoms with Crippen LogP contribution in [0, 0.1) is 11.8 Å². The SMILES string of the molecule is CC(=O)NCC1CCC(CO)CC1. The van der Waals surface area contributed by atoms with E-state index in [1.54, 1.807) is 6.92 Å². The van der Waals surface area contributed by atoms with E-state index < -0.39 is 0 Å². The molecular formula is C10H19NO2. The lowest BCUT2D eigenvalue weighted by atomic mass is 9.82. The normalized spacial score (nSPS) is 28.5. The van der Waals surface area contributed by atoms with Crippen molar-refractivity contribution in [2.45, 2.75) is 32.6 Å². The summed E-state index contributed by atoms with van der Waals surface area (Å²) in [7, 11) is 0. The van der Waals surface area contributed by atoms with Crippen molar-refractivity contribution in [1.82, 2.24) is 5.32 Å². The van der Waals surface area contributed by atoms with E-state index in [0.717, 1.165) is 32.2 Å². The molecule has 0 heterocycles. The highest BCUT2D eigenvalue weighted by atomic mass is 16.3. The monoisotopic (exact) mass is 185 g/mol. The number of carbonyl (C=O) groups is 1. The van der Waals surface area contributed by atoms with Crippen LogP contribution in [-0.4, -0.2) is 24.2 Å². The zero-order valence-corrected chi connectivity index (χ0v) is 8.25. The van der Waals surface area contributed by atoms with Gasteiger partial charge >= 0.3 is 0 Å². The average molecular weight is 185 g/mol. The second-order valence-electron chi connectivity index (χ2n) is 4.01. The highest BCUT2D eigenvalue weighted by Crippen LogP contribution is 2.27. The Bertz CT molecular complexity index is 162. The molecule has 2 N–H and O–H groups in total. The molecule has 0 unspecified atom stereocenters. The maximum absolute atomic E-state index is 10.7. The molecule has 76 valence electrons. The molecule has 1 aliphatic rings. The van der Waals surface area contributed by atoms with Gasteiger partial charge < -0.3 is 10.4 Å². The van der Waals surface area contributed by atoms with Crippen molar-refractivity contribution < 1.29 is 9.90 Å². The summed E-state index contributed by atoms with van der Waals surface area (Å²) in [6.07, 6.45) is 4.51. The third-order valence-corrected chi connectivity index (χ3v) is 2.86. The lowest BCUT2D eigenvalue weighted by Crippen LogP contribution is -2.30. The topological polar surface area (TPSA) is 49.3 Å². The minimum absolute atomic E-state index is 0.0595. The number of hydrogen-bond donors (Lipinski definition) is 2. The van der Waals surface area contributed by atoms with Crippen molar-refractivity contribution in [2.75, 3.05) is 13.2 Å². The summed E-state index contributed by atoms with van der Waals surface area (Å²) < 4.78 is 0. The molecule has 0 spiro atoms. The van der Waals surface area contributed by atoms with Gasteiger partial charge in [0.25, 0.3) is 0 Å². The van der Waals surface area contributed by atoms with Crippen molar-refractivity contribution in [1.29, 1.82) is 0 Å². The van der Waals surface area contributed by atoms with Gasteiger partial charge in [0.2, 0.25) is 5.91 Å². The number of hydrogen-bond acceptors (Lipinski definition) is 2. The number of rotatable bonds is 3. The molecule has 3 nitrogen and oxygen atoms in total. The van der Waals surface area contributed by atoms with Crippen molar-refractivity contribution >= 4 is 5.91 Å². The van der Waals surface area contributed by atoms with Crippen LogP contribution in [0.5, 0.6) is 0 Å². The summed E-state index contributed by atoms with van der Waals surface area (Å²) in [4.78, 5) is 10.7. The Morgan fingerprint density at radius 2 is 1.85 bits per heavy atom. The van der Waals surface area contributed by atoms with Crippen LogP contribution in [0.2, 0.25) is 0 Å². The molecule has 13 heavy (non-hydrogen) atoms. The van der Waals surface area contributed by atoms with Crippen LogP contribution in [0.3, 0.4) is 0 Å². The van der Waals surface area contributed by atoms with Crippen LogP contribution >= 0.6 is 0 Å². The highest BCUT2D eigenvalue weighted by Gasteiger charge is 2.20. The fourth-order valence-electron chi connectivity index (χ4n) is 1.91. The Labute approximate surface area is 79.5 Å². The molecule has 0 saturated heterocycles. The first-order valence-corrected chi connectivity index (χ1v) is 5.07. The maximum atomic E-state index is 10.7. The summed E-state index contributed by atoms with van der Waals surface area (Å²) in [5.41, 5.74) is 0. The molecule has 0 aromatic carbocycles. The van der Waals surface area contributed by atoms with Crippen molar-refractivity contribution in [3.63, 3.8) is 0 Å². The molecule has 3 heteroatoms. The Morgan fingerprint density at radius 1 is 1.31 bits per heavy atom. The van der Waals surface area contributed by atoms with Crippen molar-refractivity contribution in [2.24, 2.45) is 11.8 Å². The Hall–Kier alpha value is -0.570. The van der Waals surface area contributed by atoms with E-state index in [1.807, 2.05) is 0 Å². The summed E-state index contributed by atoms with van der Waals surface area (Å²) in [5, 5.41) is 11.8. The van der Waals surface area contributed by atoms with E-state index in [0.29, 0.717) is 18.4 Å². The molecule has 1 fully saturated rings. The Balaban J connectivity index is 2.14. The van der Waals surface area contributed by atoms with Gasteiger partial charge in [-0.2, -0.15) is 0 Å². The maximum Gasteiger partial charge on any atom is 0.216 e. The standard InChI is InChI=1S/C10H19NO2/c1-8(13)11-6-9-2-4-10(7-12)5-3-9/h9-10,12H,2-7H2,1H3,(H,11,13). The lowest BCUT2D eigenvalue weighted by molar-refractivity contribution is -0.119. The average Bonchev–Trinajstić information content (AvgIpc) is 2.15. The van der Waals surface area contributed by atoms with Gasteiger partial charge in [0.15, 0.2) is 0 Å². The molecule has 1 amide bonds. The molecule has 1 aliphatic carbocycles. The van der Waals surface area contributed by atoms with Crippen LogP contribution < -0.4 is 5.32 Å². The largest absolute Gasteiger partial charge is 0.396 e. The second kappa shape index (κ2) is 5.22. The lowest BCUT2D eigenvalue weighted by Gasteiger charge is -2.27. The highest BCUT2D eigenvalue weighted by molar-refractivity contribution is 5.72. The Morgan fingerprint density at radius 3 is 2.31 bits per heavy atom. The van der Waals surface area contributed by atoms with Gasteiger partial charge in [-0.3, -0.25) is 4.79 Å². The zero-order valence-electron chi connectivity index (χ0n) is 8.25. The van der Waals surface area contributed by atoms with E-state index in [1.165, 1.54) is 0 Å². The summed E-state index contributed by atoms with van der Waals surface area (Å²) in [6, 6.07) is 0. The number of aliphatic hydroxyl groups excluding tert-OH is 1. The van der Waals surface area contributed by atoms with Gasteiger partial charge in [0.05, 0.1) is 0 Å². The summed E-state index contributed by atoms with van der Waals surface area (Å²) >= 11 is 0. The molecule has 0 aromatic rings. The van der Waals surface area contributed by atoms with Gasteiger partial charge in [-0.25, -0.2) is 0 Å². The fourth-order valence-corrected chi connectivity index (χ4v) is 1.91. The predicted molar refractivity (Wildman–Crippen MR) is 51.2 cm³/mol. The third-order valence-electron chi connectivity index (χ3n) is 2.86. The zero-order chi connectivity index (χ0) is 9.68. The van der Waals surface area contributed by atoms with Crippen molar-refractivity contribution in [3.05, 3.63) is 0 Å². The van der Waals surface area contributed by atoms with Gasteiger partial charge in [0.1, 0.15) is 0 Å². The van der Waals surface area contributed by atoms with E-state index in [-0.39, 0.29) is 5.91 Å². The molecule has 0 aromatic heterocycles. The smallest absolute Gasteiger partial charge is 0.216 e. The van der Waals surface area contributed by atoms with Crippen LogP contribution in [0.15, 0.2) is 0 Å². The molecular weight excluding hydrogens is 166 g/mol. The molecule has 1 rings (SSSR count). The van der Waals surface area contributed by atoms with Crippen LogP contribution in [0.25, 0.3) is 0 Å². The molecule has 1 saturated carbocycles. The second-order valence-corrected chi connectivity index (χ2v) is 4.01. The molecule has 0 bridgehead atoms. The van der Waals surface area contributed by atoms with Gasteiger partial charge in [-0.05, 0) is 37.5 Å². The van der Waals surface area contributed by atoms with E-state index in [2.05, 4.69) is 5.32 Å². The molecule has 0 aliphatic heterocycles. The van der Waals surface area contributed by atoms with E-state index in [9.17, 15) is 4.79 Å². The minimum Gasteiger partial charge on any atom is -0.396 e. The quantitative estimate of drug-likeness (QED) is 0.687. The van der Waals surface area contributed by atoms with Gasteiger partial charge in [-0.15, -0.1) is 0 Å². The fraction of sp³-hybridized carbons (Fsp3) is 0.900. The molecule has 0 atom stereocenters. The van der Waals surface area contributed by atoms with Crippen LogP contribution in [0.1, 0.15) is 32.6 Å². The van der Waals surface area contributed by atoms with E-state index >= 15 is 0 Å². The van der Waals surface area contributed by atoms with Crippen molar-refractivity contribution in [3.8, 4) is 0 Å². The van der Waals surface area contributed by atoms with Gasteiger partial charge in [-0.1, -0.05) is 0 Å². The minimum atomic E-state index is 0.0595. The third kappa shape index (κ3) is 3.77. The predicted octanol–water partition coefficient (Wildman–Crippen LogP) is 0.921. The first-order chi connectivity index (χ1) is 6.22. The Kier molecular flexibility index (Phi) is 4.22. The number of aliphatic hydroxyl groups is 1. The summed E-state index contributed by atoms with van der Waals surface area (Å²) in [6.45, 7) is 2.69. The first-order valence-electron chi connectivity index (χ1n) is 5.07. The number of amides is 1.